The first-order chi connectivity index (χ1) is 22.8. The van der Waals surface area contributed by atoms with E-state index in [9.17, 15) is 0 Å². The molecule has 0 aliphatic carbocycles. The summed E-state index contributed by atoms with van der Waals surface area (Å²) in [4.78, 5) is 26.0. The molecule has 18 nitrogen and oxygen atoms in total. The molecule has 49 heavy (non-hydrogen) atoms. The monoisotopic (exact) mass is 756 g/mol. The molecule has 6 aromatic heterocycles. The van der Waals surface area contributed by atoms with E-state index in [2.05, 4.69) is 64.4 Å². The first kappa shape index (κ1) is 37.1. The molecule has 0 unspecified atom stereocenters. The summed E-state index contributed by atoms with van der Waals surface area (Å²) in [5, 5.41) is 12.5. The molecule has 0 saturated carbocycles. The zero-order valence-corrected chi connectivity index (χ0v) is 29.1. The largest absolute Gasteiger partial charge is 2.00 e. The Morgan fingerprint density at radius 1 is 0.449 bits per heavy atom. The van der Waals surface area contributed by atoms with E-state index < -0.39 is 20.5 Å². The van der Waals surface area contributed by atoms with Gasteiger partial charge in [0.15, 0.2) is 11.6 Å². The minimum Gasteiger partial charge on any atom is -0.254 e. The zero-order chi connectivity index (χ0) is 34.3. The van der Waals surface area contributed by atoms with Crippen LogP contribution in [-0.2, 0) is 19.5 Å². The van der Waals surface area contributed by atoms with E-state index in [4.69, 9.17) is 37.3 Å². The van der Waals surface area contributed by atoms with Crippen LogP contribution in [0, 0.1) is 20.5 Å². The molecule has 6 heterocycles. The van der Waals surface area contributed by atoms with Crippen LogP contribution in [0.1, 0.15) is 0 Å². The molecule has 0 radical (unpaired) electrons. The van der Waals surface area contributed by atoms with Crippen LogP contribution in [0.25, 0.3) is 55.2 Å². The number of hydrogen-bond donors (Lipinski definition) is 0. The number of pyridine rings is 4. The number of fused-ring (bicyclic) bond motifs is 6. The van der Waals surface area contributed by atoms with Gasteiger partial charge in [0.2, 0.25) is 0 Å². The summed E-state index contributed by atoms with van der Waals surface area (Å²) >= 11 is 0. The molecule has 2 aromatic carbocycles. The van der Waals surface area contributed by atoms with Crippen LogP contribution in [0.15, 0.2) is 110 Å². The van der Waals surface area contributed by atoms with Gasteiger partial charge in [-0.2, -0.15) is 10.2 Å². The Kier molecular flexibility index (Phi) is 12.2. The van der Waals surface area contributed by atoms with Crippen molar-refractivity contribution in [1.29, 1.82) is 0 Å². The molecule has 0 aliphatic heterocycles. The number of hydrogen-bond acceptors (Lipinski definition) is 16. The molecule has 0 spiro atoms. The van der Waals surface area contributed by atoms with Gasteiger partial charge in [0.1, 0.15) is 25.3 Å². The quantitative estimate of drug-likeness (QED) is 0.118. The molecule has 0 N–H and O–H groups in total. The molecule has 0 amide bonds. The van der Waals surface area contributed by atoms with E-state index in [1.165, 1.54) is 12.7 Å². The van der Waals surface area contributed by atoms with Crippen molar-refractivity contribution in [3.63, 3.8) is 0 Å². The fraction of sp³-hybridized carbons (Fsp3) is 0. The van der Waals surface area contributed by atoms with Crippen molar-refractivity contribution in [1.82, 2.24) is 49.5 Å². The van der Waals surface area contributed by atoms with Gasteiger partial charge in [-0.25, -0.2) is 66.6 Å². The van der Waals surface area contributed by atoms with Gasteiger partial charge in [0.25, 0.3) is 0 Å². The van der Waals surface area contributed by atoms with Gasteiger partial charge in [0, 0.05) is 33.9 Å². The Morgan fingerprint density at radius 3 is 1.10 bits per heavy atom. The predicted molar refractivity (Wildman–Crippen MR) is 144 cm³/mol. The predicted octanol–water partition coefficient (Wildman–Crippen LogP) is -4.79. The Bertz CT molecular complexity index is 2100. The zero-order valence-electron chi connectivity index (χ0n) is 24.6. The summed E-state index contributed by atoms with van der Waals surface area (Å²) in [6, 6.07) is 24.0. The van der Waals surface area contributed by atoms with Crippen molar-refractivity contribution in [2.24, 2.45) is 0 Å². The topological polar surface area (TPSA) is 297 Å². The van der Waals surface area contributed by atoms with Gasteiger partial charge in [-0.05, 0) is 36.4 Å². The van der Waals surface area contributed by atoms with Crippen LogP contribution in [0.2, 0.25) is 0 Å². The molecule has 0 aliphatic rings. The number of nitrogens with zero attached hydrogens (tertiary/aromatic N) is 10. The molecule has 0 fully saturated rings. The standard InChI is InChI=1S/2C14H9N5.2ClHO4.Zn/c2*1-2-10-3-4-11-5-6-12(19-9-15-8-17-19)18-14(11)13(10)16-7-1;2*2-1(3,4)5;/h2*1-9H;2*(H,2,3,4,5);/q;;;;+2/p-2. The SMILES string of the molecule is [O-][Cl+3]([O-])([O-])[O-].[O-][Cl+3]([O-])([O-])[O-].[Zn+2].c1cnc2c(c1)ccc1ccc(-n3cncn3)nc12.c1cnc2c(c1)ccc1ccc(-n3cncn3)nc12. The molecule has 21 heteroatoms. The Hall–Kier alpha value is -4.76. The van der Waals surface area contributed by atoms with Gasteiger partial charge in [-0.15, -0.1) is 20.5 Å². The van der Waals surface area contributed by atoms with E-state index in [0.29, 0.717) is 0 Å². The van der Waals surface area contributed by atoms with Crippen LogP contribution in [0.5, 0.6) is 0 Å². The second kappa shape index (κ2) is 16.1. The van der Waals surface area contributed by atoms with Gasteiger partial charge in [-0.1, -0.05) is 36.4 Å². The smallest absolute Gasteiger partial charge is 0.254 e. The average Bonchev–Trinajstić information content (AvgIpc) is 3.79. The van der Waals surface area contributed by atoms with E-state index in [1.54, 1.807) is 34.4 Å². The molecule has 0 saturated heterocycles. The maximum Gasteiger partial charge on any atom is 2.00 e. The Balaban J connectivity index is 0.000000171. The summed E-state index contributed by atoms with van der Waals surface area (Å²) in [6.45, 7) is 0. The Labute approximate surface area is 291 Å². The average molecular weight is 759 g/mol. The third-order valence-corrected chi connectivity index (χ3v) is 6.14. The number of halogens is 2. The summed E-state index contributed by atoms with van der Waals surface area (Å²) in [5.41, 5.74) is 3.57. The molecule has 0 bridgehead atoms. The Morgan fingerprint density at radius 2 is 0.776 bits per heavy atom. The first-order valence-electron chi connectivity index (χ1n) is 13.1. The summed E-state index contributed by atoms with van der Waals surface area (Å²) < 4.78 is 71.2. The van der Waals surface area contributed by atoms with Crippen molar-refractivity contribution in [2.75, 3.05) is 0 Å². The number of benzene rings is 2. The maximum absolute atomic E-state index is 8.49. The molecule has 244 valence electrons. The van der Waals surface area contributed by atoms with E-state index in [0.717, 1.165) is 55.2 Å². The maximum atomic E-state index is 8.49. The fourth-order valence-electron chi connectivity index (χ4n) is 4.34. The molecular weight excluding hydrogens is 741 g/mol. The van der Waals surface area contributed by atoms with Crippen LogP contribution in [-0.4, -0.2) is 49.5 Å². The van der Waals surface area contributed by atoms with Crippen LogP contribution in [0.4, 0.5) is 0 Å². The molecule has 0 atom stereocenters. The molecular formula is C28H18Cl2N10O8Zn. The van der Waals surface area contributed by atoms with Gasteiger partial charge < -0.3 is 0 Å². The van der Waals surface area contributed by atoms with E-state index in [1.807, 2.05) is 48.5 Å². The first-order valence-corrected chi connectivity index (χ1v) is 15.5. The van der Waals surface area contributed by atoms with E-state index in [-0.39, 0.29) is 19.5 Å². The third kappa shape index (κ3) is 10.6. The van der Waals surface area contributed by atoms with Gasteiger partial charge in [-0.3, -0.25) is 9.97 Å². The van der Waals surface area contributed by atoms with Crippen molar-refractivity contribution >= 4 is 43.6 Å². The molecule has 8 rings (SSSR count). The summed E-state index contributed by atoms with van der Waals surface area (Å²) in [6.07, 6.45) is 9.82. The second-order valence-corrected chi connectivity index (χ2v) is 10.7. The fourth-order valence-corrected chi connectivity index (χ4v) is 4.34. The van der Waals surface area contributed by atoms with E-state index >= 15 is 0 Å². The molecule has 8 aromatic rings. The summed E-state index contributed by atoms with van der Waals surface area (Å²) in [5.74, 6) is 1.48. The van der Waals surface area contributed by atoms with Crippen molar-refractivity contribution < 1.29 is 77.2 Å². The van der Waals surface area contributed by atoms with Crippen molar-refractivity contribution in [3.8, 4) is 11.6 Å². The number of aromatic nitrogens is 10. The normalized spacial score (nSPS) is 11.1. The van der Waals surface area contributed by atoms with Crippen molar-refractivity contribution in [3.05, 3.63) is 110 Å². The van der Waals surface area contributed by atoms with Crippen LogP contribution < -0.4 is 37.3 Å². The van der Waals surface area contributed by atoms with Crippen molar-refractivity contribution in [2.45, 2.75) is 0 Å². The minimum absolute atomic E-state index is 0. The van der Waals surface area contributed by atoms with Gasteiger partial charge >= 0.3 is 19.5 Å². The van der Waals surface area contributed by atoms with Crippen LogP contribution >= 0.6 is 0 Å². The van der Waals surface area contributed by atoms with Crippen LogP contribution in [0.3, 0.4) is 0 Å². The third-order valence-electron chi connectivity index (χ3n) is 6.14. The number of rotatable bonds is 2. The second-order valence-electron chi connectivity index (χ2n) is 9.20. The van der Waals surface area contributed by atoms with Gasteiger partial charge in [0.05, 0.1) is 22.1 Å². The minimum atomic E-state index is -4.94. The summed E-state index contributed by atoms with van der Waals surface area (Å²) in [7, 11) is -9.89.